The lowest BCUT2D eigenvalue weighted by Crippen LogP contribution is -2.54. The van der Waals surface area contributed by atoms with Crippen LogP contribution in [0.1, 0.15) is 83.6 Å². The smallest absolute Gasteiger partial charge is 0.408 e. The topological polar surface area (TPSA) is 106 Å². The normalized spacial score (nSPS) is 18.6. The average Bonchev–Trinajstić information content (AvgIpc) is 3.62. The first kappa shape index (κ1) is 32.5. The number of ether oxygens (including phenoxy) is 3. The van der Waals surface area contributed by atoms with E-state index in [0.29, 0.717) is 37.1 Å². The summed E-state index contributed by atoms with van der Waals surface area (Å²) >= 11 is 0. The van der Waals surface area contributed by atoms with Gasteiger partial charge in [-0.15, -0.1) is 0 Å². The summed E-state index contributed by atoms with van der Waals surface area (Å²) in [6, 6.07) is 3.79. The molecule has 1 N–H and O–H groups in total. The molecule has 2 fully saturated rings. The standard InChI is InChI=1S/C31H44F2N4O6/c1-18(2)15-36-12-13-37(16-19(36)3)28(38)25-26(20(4)34-30(39)43-31(5,6)7)42-27(35-25)22-10-11-23(41-29(32)33)24(14-22)40-17-21-8-9-21/h10-11,14,18-21,29H,8-9,12-13,15-17H2,1-7H3,(H,34,39)/t19?,20-/m0/s1. The number of alkyl carbamates (subject to hydrolysis) is 1. The maximum Gasteiger partial charge on any atom is 0.408 e. The van der Waals surface area contributed by atoms with Crippen molar-refractivity contribution >= 4 is 12.0 Å². The van der Waals surface area contributed by atoms with Gasteiger partial charge in [0, 0.05) is 37.8 Å². The monoisotopic (exact) mass is 606 g/mol. The van der Waals surface area contributed by atoms with Gasteiger partial charge in [0.2, 0.25) is 5.89 Å². The molecule has 2 aliphatic rings. The second kappa shape index (κ2) is 13.5. The Hall–Kier alpha value is -3.41. The number of oxazole rings is 1. The van der Waals surface area contributed by atoms with Gasteiger partial charge in [0.1, 0.15) is 5.60 Å². The number of hydrogen-bond donors (Lipinski definition) is 1. The third-order valence-corrected chi connectivity index (χ3v) is 7.21. The van der Waals surface area contributed by atoms with E-state index >= 15 is 0 Å². The van der Waals surface area contributed by atoms with Gasteiger partial charge in [-0.3, -0.25) is 9.69 Å². The lowest BCUT2D eigenvalue weighted by molar-refractivity contribution is -0.0515. The minimum Gasteiger partial charge on any atom is -0.489 e. The van der Waals surface area contributed by atoms with Crippen LogP contribution in [0.3, 0.4) is 0 Å². The van der Waals surface area contributed by atoms with Gasteiger partial charge in [-0.2, -0.15) is 8.78 Å². The van der Waals surface area contributed by atoms with E-state index in [0.717, 1.165) is 25.9 Å². The van der Waals surface area contributed by atoms with E-state index in [1.165, 1.54) is 18.2 Å². The van der Waals surface area contributed by atoms with Crippen molar-refractivity contribution in [2.75, 3.05) is 32.8 Å². The van der Waals surface area contributed by atoms with Gasteiger partial charge in [-0.05, 0) is 77.5 Å². The number of nitrogens with one attached hydrogen (secondary N) is 1. The number of hydrogen-bond acceptors (Lipinski definition) is 8. The third-order valence-electron chi connectivity index (χ3n) is 7.21. The molecule has 4 rings (SSSR count). The number of aromatic nitrogens is 1. The van der Waals surface area contributed by atoms with Crippen molar-refractivity contribution in [2.45, 2.75) is 85.6 Å². The van der Waals surface area contributed by atoms with Crippen LogP contribution in [0.2, 0.25) is 0 Å². The molecular weight excluding hydrogens is 562 g/mol. The second-order valence-corrected chi connectivity index (χ2v) is 12.9. The fourth-order valence-electron chi connectivity index (χ4n) is 4.96. The Kier molecular flexibility index (Phi) is 10.2. The van der Waals surface area contributed by atoms with Gasteiger partial charge in [0.25, 0.3) is 5.91 Å². The molecule has 1 aliphatic heterocycles. The highest BCUT2D eigenvalue weighted by Gasteiger charge is 2.34. The number of rotatable bonds is 11. The van der Waals surface area contributed by atoms with Crippen LogP contribution in [0.15, 0.2) is 22.6 Å². The first-order valence-corrected chi connectivity index (χ1v) is 15.0. The van der Waals surface area contributed by atoms with E-state index in [1.807, 2.05) is 0 Å². The van der Waals surface area contributed by atoms with Crippen molar-refractivity contribution in [1.82, 2.24) is 20.1 Å². The molecule has 2 amide bonds. The van der Waals surface area contributed by atoms with E-state index in [9.17, 15) is 18.4 Å². The van der Waals surface area contributed by atoms with Gasteiger partial charge in [0.15, 0.2) is 23.0 Å². The average molecular weight is 607 g/mol. The predicted octanol–water partition coefficient (Wildman–Crippen LogP) is 6.12. The summed E-state index contributed by atoms with van der Waals surface area (Å²) in [6.07, 6.45) is 1.37. The summed E-state index contributed by atoms with van der Waals surface area (Å²) in [7, 11) is 0. The van der Waals surface area contributed by atoms with E-state index < -0.39 is 24.3 Å². The van der Waals surface area contributed by atoms with Crippen molar-refractivity contribution in [2.24, 2.45) is 11.8 Å². The second-order valence-electron chi connectivity index (χ2n) is 12.9. The molecule has 43 heavy (non-hydrogen) atoms. The van der Waals surface area contributed by atoms with Gasteiger partial charge >= 0.3 is 12.7 Å². The van der Waals surface area contributed by atoms with Crippen LogP contribution in [0.25, 0.3) is 11.5 Å². The molecule has 1 unspecified atom stereocenters. The largest absolute Gasteiger partial charge is 0.489 e. The molecule has 1 saturated carbocycles. The zero-order valence-corrected chi connectivity index (χ0v) is 26.1. The molecule has 2 aromatic rings. The Morgan fingerprint density at radius 1 is 1.14 bits per heavy atom. The van der Waals surface area contributed by atoms with Gasteiger partial charge in [0.05, 0.1) is 12.6 Å². The number of nitrogens with zero attached hydrogens (tertiary/aromatic N) is 3. The maximum absolute atomic E-state index is 13.9. The summed E-state index contributed by atoms with van der Waals surface area (Å²) in [5, 5.41) is 2.73. The predicted molar refractivity (Wildman–Crippen MR) is 156 cm³/mol. The molecule has 2 atom stereocenters. The number of halogens is 2. The summed E-state index contributed by atoms with van der Waals surface area (Å²) in [5.74, 6) is 0.845. The Bertz CT molecular complexity index is 1270. The Morgan fingerprint density at radius 2 is 1.86 bits per heavy atom. The van der Waals surface area contributed by atoms with Crippen LogP contribution < -0.4 is 14.8 Å². The fraction of sp³-hybridized carbons (Fsp3) is 0.645. The summed E-state index contributed by atoms with van der Waals surface area (Å²) in [6.45, 7) is 13.4. The van der Waals surface area contributed by atoms with E-state index in [2.05, 4.69) is 40.7 Å². The van der Waals surface area contributed by atoms with E-state index in [1.54, 1.807) is 32.6 Å². The molecule has 0 radical (unpaired) electrons. The van der Waals surface area contributed by atoms with E-state index in [-0.39, 0.29) is 40.8 Å². The number of piperazine rings is 1. The quantitative estimate of drug-likeness (QED) is 0.326. The van der Waals surface area contributed by atoms with Crippen LogP contribution in [-0.4, -0.2) is 77.8 Å². The molecule has 238 valence electrons. The van der Waals surface area contributed by atoms with Crippen LogP contribution in [0.4, 0.5) is 13.6 Å². The molecule has 1 aliphatic carbocycles. The highest BCUT2D eigenvalue weighted by molar-refractivity contribution is 5.94. The van der Waals surface area contributed by atoms with Crippen LogP contribution in [0, 0.1) is 11.8 Å². The highest BCUT2D eigenvalue weighted by atomic mass is 19.3. The zero-order chi connectivity index (χ0) is 31.5. The van der Waals surface area contributed by atoms with Crippen molar-refractivity contribution in [3.8, 4) is 23.0 Å². The molecule has 0 bridgehead atoms. The van der Waals surface area contributed by atoms with Crippen LogP contribution in [0.5, 0.6) is 11.5 Å². The summed E-state index contributed by atoms with van der Waals surface area (Å²) in [4.78, 5) is 35.2. The van der Waals surface area contributed by atoms with E-state index in [4.69, 9.17) is 13.9 Å². The summed E-state index contributed by atoms with van der Waals surface area (Å²) in [5.41, 5.74) is -0.247. The van der Waals surface area contributed by atoms with Crippen molar-refractivity contribution in [3.05, 3.63) is 29.7 Å². The molecule has 1 saturated heterocycles. The minimum atomic E-state index is -3.02. The highest BCUT2D eigenvalue weighted by Crippen LogP contribution is 2.37. The van der Waals surface area contributed by atoms with Crippen LogP contribution in [-0.2, 0) is 4.74 Å². The van der Waals surface area contributed by atoms with Crippen molar-refractivity contribution < 1.29 is 37.0 Å². The molecule has 12 heteroatoms. The summed E-state index contributed by atoms with van der Waals surface area (Å²) < 4.78 is 48.2. The Labute approximate surface area is 252 Å². The number of amides is 2. The van der Waals surface area contributed by atoms with Crippen LogP contribution >= 0.6 is 0 Å². The van der Waals surface area contributed by atoms with Gasteiger partial charge in [-0.25, -0.2) is 9.78 Å². The van der Waals surface area contributed by atoms with Gasteiger partial charge < -0.3 is 28.8 Å². The number of carbonyl (C=O) groups excluding carboxylic acids is 2. The Morgan fingerprint density at radius 3 is 2.47 bits per heavy atom. The number of carbonyl (C=O) groups is 2. The third kappa shape index (κ3) is 9.04. The van der Waals surface area contributed by atoms with Crippen molar-refractivity contribution in [3.63, 3.8) is 0 Å². The maximum atomic E-state index is 13.9. The fourth-order valence-corrected chi connectivity index (χ4v) is 4.96. The zero-order valence-electron chi connectivity index (χ0n) is 26.1. The lowest BCUT2D eigenvalue weighted by atomic mass is 10.1. The van der Waals surface area contributed by atoms with Crippen molar-refractivity contribution in [1.29, 1.82) is 0 Å². The molecular formula is C31H44F2N4O6. The lowest BCUT2D eigenvalue weighted by Gasteiger charge is -2.40. The molecule has 1 aromatic carbocycles. The number of alkyl halides is 2. The molecule has 10 nitrogen and oxygen atoms in total. The molecule has 0 spiro atoms. The molecule has 1 aromatic heterocycles. The Balaban J connectivity index is 1.65. The molecule has 2 heterocycles. The SMILES string of the molecule is CC(C)CN1CCN(C(=O)c2nc(-c3ccc(OC(F)F)c(OCC4CC4)c3)oc2[C@H](C)NC(=O)OC(C)(C)C)CC1C. The first-order chi connectivity index (χ1) is 20.2. The minimum absolute atomic E-state index is 0.0661. The number of benzene rings is 1. The van der Waals surface area contributed by atoms with Gasteiger partial charge in [-0.1, -0.05) is 13.8 Å². The first-order valence-electron chi connectivity index (χ1n) is 15.0.